The molecular weight excluding hydrogens is 342 g/mol. The number of nitrogens with two attached hydrogens (primary N) is 1. The Kier molecular flexibility index (Phi) is 8.69. The third kappa shape index (κ3) is 6.61. The van der Waals surface area contributed by atoms with Crippen molar-refractivity contribution in [1.82, 2.24) is 4.98 Å². The van der Waals surface area contributed by atoms with Crippen LogP contribution in [0.4, 0.5) is 10.8 Å². The number of hydrogen-bond donors (Lipinski definition) is 4. The molecule has 0 spiro atoms. The van der Waals surface area contributed by atoms with Crippen LogP contribution in [-0.2, 0) is 14.4 Å². The van der Waals surface area contributed by atoms with Crippen LogP contribution in [0, 0.1) is 11.3 Å². The summed E-state index contributed by atoms with van der Waals surface area (Å²) in [5.74, 6) is -3.15. The Hall–Kier alpha value is -2.91. The Balaban J connectivity index is 0.000000370. The van der Waals surface area contributed by atoms with Crippen molar-refractivity contribution in [2.24, 2.45) is 11.7 Å². The second-order valence-electron chi connectivity index (χ2n) is 4.63. The van der Waals surface area contributed by atoms with Gasteiger partial charge in [0, 0.05) is 36.6 Å². The highest BCUT2D eigenvalue weighted by atomic mass is 32.1. The minimum absolute atomic E-state index is 0.0272. The fourth-order valence-electron chi connectivity index (χ4n) is 1.73. The van der Waals surface area contributed by atoms with Gasteiger partial charge in [0.15, 0.2) is 11.4 Å². The van der Waals surface area contributed by atoms with E-state index in [4.69, 9.17) is 11.1 Å². The van der Waals surface area contributed by atoms with E-state index in [1.54, 1.807) is 47.9 Å². The van der Waals surface area contributed by atoms with Crippen LogP contribution in [0.1, 0.15) is 0 Å². The largest absolute Gasteiger partial charge is 0.365 e. The molecule has 2 aromatic rings. The van der Waals surface area contributed by atoms with Crippen LogP contribution in [-0.4, -0.2) is 42.3 Å². The highest BCUT2D eigenvalue weighted by Gasteiger charge is 2.29. The first-order valence-electron chi connectivity index (χ1n) is 7.23. The monoisotopic (exact) mass is 361 g/mol. The first kappa shape index (κ1) is 20.1. The van der Waals surface area contributed by atoms with Crippen LogP contribution >= 0.6 is 11.3 Å². The minimum Gasteiger partial charge on any atom is -0.365 e. The van der Waals surface area contributed by atoms with Gasteiger partial charge in [0.05, 0.1) is 0 Å². The first-order valence-corrected chi connectivity index (χ1v) is 8.11. The summed E-state index contributed by atoms with van der Waals surface area (Å²) in [6.07, 6.45) is 1.80. The zero-order valence-electron chi connectivity index (χ0n) is 13.6. The Bertz CT molecular complexity index is 704. The molecular formula is C16H19N5O3S. The predicted molar refractivity (Wildman–Crippen MR) is 98.1 cm³/mol. The van der Waals surface area contributed by atoms with Crippen LogP contribution in [0.3, 0.4) is 0 Å². The zero-order chi connectivity index (χ0) is 18.7. The Morgan fingerprint density at radius 2 is 2.04 bits per heavy atom. The Morgan fingerprint density at radius 3 is 2.48 bits per heavy atom. The van der Waals surface area contributed by atoms with Gasteiger partial charge < -0.3 is 21.8 Å². The fourth-order valence-corrected chi connectivity index (χ4v) is 2.22. The molecule has 25 heavy (non-hydrogen) atoms. The van der Waals surface area contributed by atoms with Gasteiger partial charge >= 0.3 is 0 Å². The molecule has 0 aliphatic carbocycles. The summed E-state index contributed by atoms with van der Waals surface area (Å²) in [6.45, 7) is -0.257. The van der Waals surface area contributed by atoms with E-state index in [0.29, 0.717) is 5.69 Å². The summed E-state index contributed by atoms with van der Waals surface area (Å²) in [5.41, 5.74) is 5.42. The van der Waals surface area contributed by atoms with Crippen LogP contribution in [0.15, 0.2) is 41.9 Å². The fraction of sp³-hybridized carbons (Fsp3) is 0.188. The quantitative estimate of drug-likeness (QED) is 0.253. The number of aldehydes is 1. The van der Waals surface area contributed by atoms with E-state index in [1.807, 2.05) is 12.4 Å². The van der Waals surface area contributed by atoms with E-state index in [9.17, 15) is 14.4 Å². The molecule has 1 atom stereocenters. The molecule has 132 valence electrons. The maximum atomic E-state index is 11.8. The number of hydrogen-bond acceptors (Lipinski definition) is 8. The number of aromatic nitrogens is 1. The summed E-state index contributed by atoms with van der Waals surface area (Å²) in [6, 6.07) is 8.45. The van der Waals surface area contributed by atoms with Gasteiger partial charge in [0.25, 0.3) is 0 Å². The maximum absolute atomic E-state index is 11.8. The number of carbonyl (C=O) groups is 3. The lowest BCUT2D eigenvalue weighted by Crippen LogP contribution is -2.39. The second kappa shape index (κ2) is 10.8. The number of carbonyl (C=O) groups excluding carboxylic acids is 3. The number of ketones is 1. The lowest BCUT2D eigenvalue weighted by molar-refractivity contribution is -0.134. The number of thiazole rings is 1. The van der Waals surface area contributed by atoms with Crippen molar-refractivity contribution >= 4 is 45.8 Å². The summed E-state index contributed by atoms with van der Waals surface area (Å²) >= 11 is 1.60. The molecule has 0 fully saturated rings. The molecule has 1 heterocycles. The Labute approximate surface area is 149 Å². The number of amides is 1. The van der Waals surface area contributed by atoms with Crippen molar-refractivity contribution in [1.29, 1.82) is 5.41 Å². The van der Waals surface area contributed by atoms with E-state index < -0.39 is 17.6 Å². The topological polar surface area (TPSA) is 138 Å². The van der Waals surface area contributed by atoms with Gasteiger partial charge in [-0.05, 0) is 12.1 Å². The first-order chi connectivity index (χ1) is 12.0. The normalized spacial score (nSPS) is 10.6. The van der Waals surface area contributed by atoms with Crippen LogP contribution in [0.5, 0.6) is 0 Å². The third-order valence-electron chi connectivity index (χ3n) is 2.92. The van der Waals surface area contributed by atoms with Gasteiger partial charge in [-0.25, -0.2) is 4.98 Å². The van der Waals surface area contributed by atoms with Crippen molar-refractivity contribution in [2.75, 3.05) is 24.2 Å². The van der Waals surface area contributed by atoms with Gasteiger partial charge in [0.2, 0.25) is 11.7 Å². The van der Waals surface area contributed by atoms with Crippen molar-refractivity contribution in [3.8, 4) is 0 Å². The highest BCUT2D eigenvalue weighted by Crippen LogP contribution is 2.09. The smallest absolute Gasteiger partial charge is 0.241 e. The second-order valence-corrected chi connectivity index (χ2v) is 5.52. The molecule has 8 nitrogen and oxygen atoms in total. The number of rotatable bonds is 7. The summed E-state index contributed by atoms with van der Waals surface area (Å²) in [7, 11) is 1.86. The molecule has 1 aromatic heterocycles. The van der Waals surface area contributed by atoms with E-state index in [1.165, 1.54) is 0 Å². The standard InChI is InChI=1S/C12H13N3O3.C4H6N2S/c13-6-9(14)11(10(17)7-16)12(18)15-8-4-2-1-3-5-8;1-5-4-6-2-3-7-4/h1-5,7,11,14H,6,13H2,(H,15,18);2-3H,1H3,(H,5,6). The van der Waals surface area contributed by atoms with Crippen molar-refractivity contribution in [3.63, 3.8) is 0 Å². The van der Waals surface area contributed by atoms with Gasteiger partial charge in [-0.1, -0.05) is 18.2 Å². The average Bonchev–Trinajstić information content (AvgIpc) is 3.16. The van der Waals surface area contributed by atoms with Crippen molar-refractivity contribution in [2.45, 2.75) is 0 Å². The van der Waals surface area contributed by atoms with Crippen LogP contribution < -0.4 is 16.4 Å². The van der Waals surface area contributed by atoms with Crippen molar-refractivity contribution in [3.05, 3.63) is 41.9 Å². The maximum Gasteiger partial charge on any atom is 0.241 e. The molecule has 1 unspecified atom stereocenters. The summed E-state index contributed by atoms with van der Waals surface area (Å²) in [5, 5.41) is 15.7. The van der Waals surface area contributed by atoms with E-state index >= 15 is 0 Å². The van der Waals surface area contributed by atoms with Crippen LogP contribution in [0.25, 0.3) is 0 Å². The molecule has 0 saturated heterocycles. The number of para-hydroxylation sites is 1. The van der Waals surface area contributed by atoms with E-state index in [-0.39, 0.29) is 18.5 Å². The molecule has 0 radical (unpaired) electrons. The van der Waals surface area contributed by atoms with Crippen molar-refractivity contribution < 1.29 is 14.4 Å². The molecule has 1 aromatic carbocycles. The number of anilines is 2. The zero-order valence-corrected chi connectivity index (χ0v) is 14.4. The lowest BCUT2D eigenvalue weighted by Gasteiger charge is -2.13. The molecule has 0 saturated carbocycles. The molecule has 0 bridgehead atoms. The van der Waals surface area contributed by atoms with Gasteiger partial charge in [0.1, 0.15) is 5.92 Å². The third-order valence-corrected chi connectivity index (χ3v) is 3.71. The summed E-state index contributed by atoms with van der Waals surface area (Å²) < 4.78 is 0. The molecule has 2 rings (SSSR count). The molecule has 1 amide bonds. The van der Waals surface area contributed by atoms with E-state index in [2.05, 4.69) is 15.6 Å². The molecule has 9 heteroatoms. The average molecular weight is 361 g/mol. The van der Waals surface area contributed by atoms with Crippen LogP contribution in [0.2, 0.25) is 0 Å². The minimum atomic E-state index is -1.45. The highest BCUT2D eigenvalue weighted by molar-refractivity contribution is 7.13. The molecule has 0 aliphatic rings. The van der Waals surface area contributed by atoms with Gasteiger partial charge in [-0.15, -0.1) is 11.3 Å². The summed E-state index contributed by atoms with van der Waals surface area (Å²) in [4.78, 5) is 37.5. The van der Waals surface area contributed by atoms with Gasteiger partial charge in [-0.2, -0.15) is 0 Å². The molecule has 5 N–H and O–H groups in total. The number of benzene rings is 1. The Morgan fingerprint density at radius 1 is 1.36 bits per heavy atom. The molecule has 0 aliphatic heterocycles. The number of Topliss-reactive ketones (excluding diaryl/α,β-unsaturated/α-hetero) is 1. The SMILES string of the molecule is CNc1nccs1.N=C(CN)C(C(=O)C=O)C(=O)Nc1ccccc1. The number of nitrogens with zero attached hydrogens (tertiary/aromatic N) is 1. The van der Waals surface area contributed by atoms with Gasteiger partial charge in [-0.3, -0.25) is 14.4 Å². The number of nitrogens with one attached hydrogen (secondary N) is 3. The lowest BCUT2D eigenvalue weighted by atomic mass is 9.97. The predicted octanol–water partition coefficient (Wildman–Crippen LogP) is 1.17. The van der Waals surface area contributed by atoms with E-state index in [0.717, 1.165) is 5.13 Å².